The minimum absolute atomic E-state index is 0.291. The Labute approximate surface area is 82.8 Å². The molecule has 0 spiro atoms. The third-order valence-corrected chi connectivity index (χ3v) is 2.93. The van der Waals surface area contributed by atoms with Gasteiger partial charge in [-0.2, -0.15) is 4.99 Å². The van der Waals surface area contributed by atoms with Gasteiger partial charge in [0.05, 0.1) is 0 Å². The Balaban J connectivity index is 1.93. The number of rotatable bonds is 2. The first-order valence-corrected chi connectivity index (χ1v) is 5.18. The van der Waals surface area contributed by atoms with Crippen LogP contribution >= 0.6 is 0 Å². The van der Waals surface area contributed by atoms with Crippen LogP contribution in [-0.2, 0) is 4.79 Å². The maximum Gasteiger partial charge on any atom is 0.348 e. The molecule has 14 heavy (non-hydrogen) atoms. The number of urea groups is 1. The fourth-order valence-corrected chi connectivity index (χ4v) is 2.17. The number of nitrogens with one attached hydrogen (secondary N) is 1. The van der Waals surface area contributed by atoms with Gasteiger partial charge in [-0.15, -0.1) is 0 Å². The van der Waals surface area contributed by atoms with Gasteiger partial charge in [-0.05, 0) is 12.3 Å². The topological polar surface area (TPSA) is 58.5 Å². The van der Waals surface area contributed by atoms with Crippen LogP contribution in [0, 0.1) is 5.92 Å². The fourth-order valence-electron chi connectivity index (χ4n) is 2.17. The molecule has 0 aromatic heterocycles. The van der Waals surface area contributed by atoms with Gasteiger partial charge in [0, 0.05) is 0 Å². The van der Waals surface area contributed by atoms with Crippen LogP contribution in [0.3, 0.4) is 0 Å². The van der Waals surface area contributed by atoms with Gasteiger partial charge in [0.25, 0.3) is 5.91 Å². The summed E-state index contributed by atoms with van der Waals surface area (Å²) < 4.78 is 0. The van der Waals surface area contributed by atoms with E-state index in [1.807, 2.05) is 0 Å². The van der Waals surface area contributed by atoms with Crippen molar-refractivity contribution in [3.05, 3.63) is 0 Å². The SMILES string of the molecule is O=C1N=C(CC2CCCCC2)C(=O)N1. The second kappa shape index (κ2) is 3.90. The Morgan fingerprint density at radius 1 is 1.21 bits per heavy atom. The van der Waals surface area contributed by atoms with Crippen LogP contribution in [0.15, 0.2) is 4.99 Å². The van der Waals surface area contributed by atoms with Crippen LogP contribution in [-0.4, -0.2) is 17.6 Å². The molecule has 76 valence electrons. The molecule has 0 aromatic carbocycles. The molecule has 1 aliphatic carbocycles. The van der Waals surface area contributed by atoms with Crippen molar-refractivity contribution in [1.82, 2.24) is 5.32 Å². The maximum absolute atomic E-state index is 11.2. The van der Waals surface area contributed by atoms with Crippen molar-refractivity contribution in [2.45, 2.75) is 38.5 Å². The van der Waals surface area contributed by atoms with E-state index < -0.39 is 6.03 Å². The van der Waals surface area contributed by atoms with Gasteiger partial charge in [0.2, 0.25) is 0 Å². The van der Waals surface area contributed by atoms with Crippen LogP contribution < -0.4 is 5.32 Å². The number of carbonyl (C=O) groups is 2. The summed E-state index contributed by atoms with van der Waals surface area (Å²) in [5.41, 5.74) is 0.432. The van der Waals surface area contributed by atoms with E-state index in [1.165, 1.54) is 32.1 Å². The first-order chi connectivity index (χ1) is 6.75. The normalized spacial score (nSPS) is 23.6. The molecule has 0 saturated heterocycles. The van der Waals surface area contributed by atoms with Crippen LogP contribution in [0.4, 0.5) is 4.79 Å². The first kappa shape index (κ1) is 9.37. The summed E-state index contributed by atoms with van der Waals surface area (Å²) in [5.74, 6) is 0.264. The summed E-state index contributed by atoms with van der Waals surface area (Å²) in [6.07, 6.45) is 6.80. The van der Waals surface area contributed by atoms with Crippen molar-refractivity contribution < 1.29 is 9.59 Å². The molecule has 1 N–H and O–H groups in total. The third kappa shape index (κ3) is 2.00. The number of carbonyl (C=O) groups excluding carboxylic acids is 2. The lowest BCUT2D eigenvalue weighted by atomic mass is 9.85. The van der Waals surface area contributed by atoms with Crippen LogP contribution in [0.25, 0.3) is 0 Å². The number of hydrogen-bond acceptors (Lipinski definition) is 2. The zero-order valence-corrected chi connectivity index (χ0v) is 8.08. The highest BCUT2D eigenvalue weighted by atomic mass is 16.2. The van der Waals surface area contributed by atoms with Crippen molar-refractivity contribution in [3.63, 3.8) is 0 Å². The second-order valence-electron chi connectivity index (χ2n) is 4.03. The summed E-state index contributed by atoms with van der Waals surface area (Å²) >= 11 is 0. The van der Waals surface area contributed by atoms with Gasteiger partial charge in [-0.1, -0.05) is 32.1 Å². The van der Waals surface area contributed by atoms with Crippen molar-refractivity contribution in [3.8, 4) is 0 Å². The highest BCUT2D eigenvalue weighted by Crippen LogP contribution is 2.27. The Hall–Kier alpha value is -1.19. The quantitative estimate of drug-likeness (QED) is 0.726. The Bertz CT molecular complexity index is 290. The summed E-state index contributed by atoms with van der Waals surface area (Å²) in [5, 5.41) is 2.17. The predicted molar refractivity (Wildman–Crippen MR) is 52.2 cm³/mol. The Morgan fingerprint density at radius 2 is 1.93 bits per heavy atom. The van der Waals surface area contributed by atoms with Gasteiger partial charge in [-0.3, -0.25) is 10.1 Å². The molecule has 1 fully saturated rings. The lowest BCUT2D eigenvalue weighted by Crippen LogP contribution is -2.26. The molecule has 4 heteroatoms. The van der Waals surface area contributed by atoms with Gasteiger partial charge in [0.1, 0.15) is 5.71 Å². The zero-order valence-electron chi connectivity index (χ0n) is 8.08. The molecular formula is C10H14N2O2. The van der Waals surface area contributed by atoms with Crippen molar-refractivity contribution >= 4 is 17.6 Å². The molecule has 0 radical (unpaired) electrons. The largest absolute Gasteiger partial charge is 0.348 e. The van der Waals surface area contributed by atoms with Crippen LogP contribution in [0.5, 0.6) is 0 Å². The highest BCUT2D eigenvalue weighted by Gasteiger charge is 2.26. The van der Waals surface area contributed by atoms with Crippen molar-refractivity contribution in [1.29, 1.82) is 0 Å². The number of amides is 3. The summed E-state index contributed by atoms with van der Waals surface area (Å²) in [4.78, 5) is 25.7. The van der Waals surface area contributed by atoms with E-state index in [4.69, 9.17) is 0 Å². The molecule has 0 atom stereocenters. The molecule has 2 rings (SSSR count). The van der Waals surface area contributed by atoms with Crippen LogP contribution in [0.2, 0.25) is 0 Å². The average Bonchev–Trinajstić information content (AvgIpc) is 2.47. The second-order valence-corrected chi connectivity index (χ2v) is 4.03. The lowest BCUT2D eigenvalue weighted by Gasteiger charge is -2.20. The number of hydrogen-bond donors (Lipinski definition) is 1. The summed E-state index contributed by atoms with van der Waals surface area (Å²) in [7, 11) is 0. The van der Waals surface area contributed by atoms with Crippen molar-refractivity contribution in [2.24, 2.45) is 10.9 Å². The Kier molecular flexibility index (Phi) is 2.61. The van der Waals surface area contributed by atoms with E-state index in [2.05, 4.69) is 10.3 Å². The molecule has 2 aliphatic rings. The molecular weight excluding hydrogens is 180 g/mol. The molecule has 1 heterocycles. The van der Waals surface area contributed by atoms with Gasteiger partial charge in [-0.25, -0.2) is 4.79 Å². The minimum Gasteiger partial charge on any atom is -0.271 e. The number of aliphatic imine (C=N–C) groups is 1. The maximum atomic E-state index is 11.2. The monoisotopic (exact) mass is 194 g/mol. The zero-order chi connectivity index (χ0) is 9.97. The highest BCUT2D eigenvalue weighted by molar-refractivity contribution is 6.46. The van der Waals surface area contributed by atoms with E-state index in [1.54, 1.807) is 0 Å². The van der Waals surface area contributed by atoms with Crippen LogP contribution in [0.1, 0.15) is 38.5 Å². The summed E-state index contributed by atoms with van der Waals surface area (Å²) in [6, 6.07) is -0.499. The standard InChI is InChI=1S/C10H14N2O2/c13-9-8(11-10(14)12-9)6-7-4-2-1-3-5-7/h7H,1-6H2,(H,12,13,14). The number of nitrogens with zero attached hydrogens (tertiary/aromatic N) is 1. The molecule has 0 aromatic rings. The average molecular weight is 194 g/mol. The molecule has 1 saturated carbocycles. The fraction of sp³-hybridized carbons (Fsp3) is 0.700. The molecule has 0 bridgehead atoms. The predicted octanol–water partition coefficient (Wildman–Crippen LogP) is 1.65. The first-order valence-electron chi connectivity index (χ1n) is 5.18. The van der Waals surface area contributed by atoms with E-state index in [-0.39, 0.29) is 5.91 Å². The Morgan fingerprint density at radius 3 is 2.50 bits per heavy atom. The lowest BCUT2D eigenvalue weighted by molar-refractivity contribution is -0.113. The van der Waals surface area contributed by atoms with Gasteiger partial charge >= 0.3 is 6.03 Å². The third-order valence-electron chi connectivity index (χ3n) is 2.93. The van der Waals surface area contributed by atoms with Crippen molar-refractivity contribution in [2.75, 3.05) is 0 Å². The molecule has 3 amide bonds. The van der Waals surface area contributed by atoms with Gasteiger partial charge in [0.15, 0.2) is 0 Å². The molecule has 0 unspecified atom stereocenters. The minimum atomic E-state index is -0.499. The van der Waals surface area contributed by atoms with E-state index >= 15 is 0 Å². The smallest absolute Gasteiger partial charge is 0.271 e. The van der Waals surface area contributed by atoms with E-state index in [0.717, 1.165) is 0 Å². The number of imide groups is 1. The molecule has 1 aliphatic heterocycles. The van der Waals surface area contributed by atoms with E-state index in [9.17, 15) is 9.59 Å². The van der Waals surface area contributed by atoms with E-state index in [0.29, 0.717) is 18.1 Å². The molecule has 4 nitrogen and oxygen atoms in total. The summed E-state index contributed by atoms with van der Waals surface area (Å²) in [6.45, 7) is 0. The van der Waals surface area contributed by atoms with Gasteiger partial charge < -0.3 is 0 Å².